The van der Waals surface area contributed by atoms with Crippen molar-refractivity contribution >= 4 is 28.9 Å². The van der Waals surface area contributed by atoms with Gasteiger partial charge in [-0.25, -0.2) is 0 Å². The maximum atomic E-state index is 13.8. The van der Waals surface area contributed by atoms with Crippen LogP contribution in [0.2, 0.25) is 0 Å². The standard InChI is InChI=1S/C26H33N3O6/c1-10(2)12-9-15(28(3)4)13-7-11-8-14-18(23(32)16(11)22(31)17(13)21(12)30)24(33)19(26(27)35)25(34)20(14)29(5)6/h9-11,14,18,20,30-31,34H,7-8H2,1-6H3,(H2,27,35)/t11?,14?,18?,20-/m0/s1. The van der Waals surface area contributed by atoms with Gasteiger partial charge in [0.05, 0.1) is 17.5 Å². The fraction of sp³-hybridized carbons (Fsp3) is 0.500. The molecule has 35 heavy (non-hydrogen) atoms. The molecule has 9 nitrogen and oxygen atoms in total. The summed E-state index contributed by atoms with van der Waals surface area (Å²) >= 11 is 0. The van der Waals surface area contributed by atoms with Crippen LogP contribution < -0.4 is 10.6 Å². The monoisotopic (exact) mass is 483 g/mol. The van der Waals surface area contributed by atoms with Gasteiger partial charge in [-0.1, -0.05) is 13.8 Å². The van der Waals surface area contributed by atoms with Crippen molar-refractivity contribution in [3.05, 3.63) is 39.7 Å². The number of allylic oxidation sites excluding steroid dienone is 1. The van der Waals surface area contributed by atoms with Crippen LogP contribution in [0.25, 0.3) is 5.76 Å². The highest BCUT2D eigenvalue weighted by Gasteiger charge is 2.55. The summed E-state index contributed by atoms with van der Waals surface area (Å²) in [4.78, 5) is 42.7. The summed E-state index contributed by atoms with van der Waals surface area (Å²) in [5, 5.41) is 33.3. The molecule has 188 valence electrons. The normalized spacial score (nSPS) is 26.2. The molecule has 0 saturated heterocycles. The smallest absolute Gasteiger partial charge is 0.255 e. The number of nitrogens with zero attached hydrogens (tertiary/aromatic N) is 2. The summed E-state index contributed by atoms with van der Waals surface area (Å²) in [6.07, 6.45) is 0.712. The van der Waals surface area contributed by atoms with Crippen LogP contribution in [0, 0.1) is 17.8 Å². The van der Waals surface area contributed by atoms with Crippen LogP contribution in [0.1, 0.15) is 42.9 Å². The third kappa shape index (κ3) is 3.52. The van der Waals surface area contributed by atoms with E-state index in [1.165, 1.54) is 0 Å². The van der Waals surface area contributed by atoms with E-state index in [-0.39, 0.29) is 28.6 Å². The minimum Gasteiger partial charge on any atom is -0.510 e. The highest BCUT2D eigenvalue weighted by atomic mass is 16.3. The van der Waals surface area contributed by atoms with Gasteiger partial charge in [-0.3, -0.25) is 19.3 Å². The van der Waals surface area contributed by atoms with Crippen LogP contribution in [0.3, 0.4) is 0 Å². The molecule has 1 aromatic carbocycles. The van der Waals surface area contributed by atoms with E-state index in [2.05, 4.69) is 0 Å². The number of carbonyl (C=O) groups excluding carboxylic acids is 3. The van der Waals surface area contributed by atoms with E-state index >= 15 is 0 Å². The van der Waals surface area contributed by atoms with Gasteiger partial charge in [-0.15, -0.1) is 0 Å². The molecule has 1 aromatic rings. The molecule has 0 aliphatic heterocycles. The van der Waals surface area contributed by atoms with Gasteiger partial charge >= 0.3 is 0 Å². The zero-order valence-corrected chi connectivity index (χ0v) is 20.9. The predicted octanol–water partition coefficient (Wildman–Crippen LogP) is 2.04. The van der Waals surface area contributed by atoms with E-state index in [1.807, 2.05) is 38.9 Å². The third-order valence-corrected chi connectivity index (χ3v) is 7.67. The van der Waals surface area contributed by atoms with Gasteiger partial charge in [0.15, 0.2) is 11.6 Å². The first-order valence-corrected chi connectivity index (χ1v) is 11.8. The molecule has 4 atom stereocenters. The topological polar surface area (TPSA) is 144 Å². The Morgan fingerprint density at radius 3 is 2.23 bits per heavy atom. The zero-order chi connectivity index (χ0) is 26.1. The number of primary amides is 1. The van der Waals surface area contributed by atoms with Crippen LogP contribution in [-0.4, -0.2) is 71.9 Å². The number of rotatable bonds is 4. The molecular weight excluding hydrogens is 450 g/mol. The van der Waals surface area contributed by atoms with E-state index in [9.17, 15) is 29.7 Å². The van der Waals surface area contributed by atoms with Crippen molar-refractivity contribution in [2.45, 2.75) is 38.6 Å². The molecule has 3 aliphatic rings. The Bertz CT molecular complexity index is 1210. The number of nitrogens with two attached hydrogens (primary N) is 1. The van der Waals surface area contributed by atoms with Crippen molar-refractivity contribution in [3.8, 4) is 5.75 Å². The van der Waals surface area contributed by atoms with Crippen molar-refractivity contribution < 1.29 is 29.7 Å². The second-order valence-corrected chi connectivity index (χ2v) is 10.5. The Hall–Kier alpha value is -3.33. The molecule has 9 heteroatoms. The first-order valence-electron chi connectivity index (χ1n) is 11.8. The first-order chi connectivity index (χ1) is 16.3. The van der Waals surface area contributed by atoms with Crippen molar-refractivity contribution in [1.29, 1.82) is 0 Å². The summed E-state index contributed by atoms with van der Waals surface area (Å²) in [5.41, 5.74) is 7.37. The molecule has 0 spiro atoms. The Kier molecular flexibility index (Phi) is 5.95. The van der Waals surface area contributed by atoms with Crippen LogP contribution >= 0.6 is 0 Å². The Morgan fingerprint density at radius 1 is 1.09 bits per heavy atom. The molecule has 5 N–H and O–H groups in total. The number of ketones is 2. The number of aliphatic hydroxyl groups is 2. The molecule has 0 heterocycles. The maximum Gasteiger partial charge on any atom is 0.255 e. The summed E-state index contributed by atoms with van der Waals surface area (Å²) in [5.74, 6) is -5.60. The van der Waals surface area contributed by atoms with Gasteiger partial charge in [-0.05, 0) is 61.9 Å². The number of amides is 1. The van der Waals surface area contributed by atoms with Gasteiger partial charge in [0, 0.05) is 25.4 Å². The molecule has 0 radical (unpaired) electrons. The van der Waals surface area contributed by atoms with E-state index in [0.29, 0.717) is 18.4 Å². The molecule has 0 bridgehead atoms. The average Bonchev–Trinajstić information content (AvgIpc) is 2.72. The summed E-state index contributed by atoms with van der Waals surface area (Å²) in [6, 6.07) is 1.16. The maximum absolute atomic E-state index is 13.8. The number of aliphatic hydroxyl groups excluding tert-OH is 2. The van der Waals surface area contributed by atoms with E-state index in [4.69, 9.17) is 5.73 Å². The number of phenolic OH excluding ortho intramolecular Hbond substituents is 1. The molecule has 1 saturated carbocycles. The van der Waals surface area contributed by atoms with E-state index in [1.54, 1.807) is 19.0 Å². The van der Waals surface area contributed by atoms with Gasteiger partial charge in [0.25, 0.3) is 5.91 Å². The third-order valence-electron chi connectivity index (χ3n) is 7.67. The predicted molar refractivity (Wildman–Crippen MR) is 131 cm³/mol. The molecular formula is C26H33N3O6. The highest BCUT2D eigenvalue weighted by molar-refractivity contribution is 6.28. The quantitative estimate of drug-likeness (QED) is 0.376. The van der Waals surface area contributed by atoms with Crippen LogP contribution in [0.4, 0.5) is 5.69 Å². The number of hydrogen-bond acceptors (Lipinski definition) is 8. The first kappa shape index (κ1) is 24.8. The van der Waals surface area contributed by atoms with Crippen LogP contribution in [0.5, 0.6) is 5.75 Å². The molecule has 4 rings (SSSR count). The SMILES string of the molecule is CC(C)c1cc(N(C)C)c2c(c1O)C(O)=C1C(=O)C3C(=O)C(C(N)=O)=C(O)[C@@H](N(C)C)C3CC1C2. The Morgan fingerprint density at radius 2 is 1.71 bits per heavy atom. The largest absolute Gasteiger partial charge is 0.510 e. The van der Waals surface area contributed by atoms with Crippen molar-refractivity contribution in [3.63, 3.8) is 0 Å². The number of benzene rings is 1. The lowest BCUT2D eigenvalue weighted by molar-refractivity contribution is -0.136. The van der Waals surface area contributed by atoms with Gasteiger partial charge in [-0.2, -0.15) is 0 Å². The number of likely N-dealkylation sites (N-methyl/N-ethyl adjacent to an activating group) is 1. The number of fused-ring (bicyclic) bond motifs is 3. The minimum absolute atomic E-state index is 0.0343. The average molecular weight is 484 g/mol. The number of aromatic hydroxyl groups is 1. The van der Waals surface area contributed by atoms with Gasteiger partial charge in [0.2, 0.25) is 0 Å². The molecule has 1 amide bonds. The van der Waals surface area contributed by atoms with Crippen LogP contribution in [0.15, 0.2) is 23.0 Å². The minimum atomic E-state index is -1.25. The number of hydrogen-bond donors (Lipinski definition) is 4. The molecule has 3 unspecified atom stereocenters. The Balaban J connectivity index is 1.95. The molecule has 0 aromatic heterocycles. The van der Waals surface area contributed by atoms with Crippen LogP contribution in [-0.2, 0) is 20.8 Å². The zero-order valence-electron chi connectivity index (χ0n) is 20.9. The highest BCUT2D eigenvalue weighted by Crippen LogP contribution is 2.52. The summed E-state index contributed by atoms with van der Waals surface area (Å²) in [7, 11) is 7.16. The second kappa shape index (κ2) is 8.41. The summed E-state index contributed by atoms with van der Waals surface area (Å²) < 4.78 is 0. The molecule has 3 aliphatic carbocycles. The van der Waals surface area contributed by atoms with E-state index in [0.717, 1.165) is 11.3 Å². The second-order valence-electron chi connectivity index (χ2n) is 10.5. The lowest BCUT2D eigenvalue weighted by atomic mass is 9.59. The van der Waals surface area contributed by atoms with Crippen molar-refractivity contribution in [2.75, 3.05) is 33.1 Å². The number of phenols is 1. The lowest BCUT2D eigenvalue weighted by Crippen LogP contribution is -2.55. The number of Topliss-reactive ketones (excluding diaryl/α,β-unsaturated/α-hetero) is 2. The lowest BCUT2D eigenvalue weighted by Gasteiger charge is -2.46. The van der Waals surface area contributed by atoms with Gasteiger partial charge < -0.3 is 26.0 Å². The number of carbonyl (C=O) groups is 3. The fourth-order valence-electron chi connectivity index (χ4n) is 6.17. The molecule has 1 fully saturated rings. The van der Waals surface area contributed by atoms with Crippen molar-refractivity contribution in [2.24, 2.45) is 23.5 Å². The number of anilines is 1. The fourth-order valence-corrected chi connectivity index (χ4v) is 6.17. The summed E-state index contributed by atoms with van der Waals surface area (Å²) in [6.45, 7) is 3.86. The van der Waals surface area contributed by atoms with Gasteiger partial charge in [0.1, 0.15) is 22.8 Å². The Labute approximate surface area is 204 Å². The van der Waals surface area contributed by atoms with E-state index < -0.39 is 52.6 Å². The van der Waals surface area contributed by atoms with Crippen molar-refractivity contribution in [1.82, 2.24) is 4.90 Å².